The third kappa shape index (κ3) is 3.99. The SMILES string of the molecule is O=C(Oc1cccc(N2C(=O)[C@H]3CC=CC[C@H]3C2=O)c1)[C@@H]1CC(=O)N(c2cc(Cl)ccc2Cl)C1. The Labute approximate surface area is 205 Å². The summed E-state index contributed by atoms with van der Waals surface area (Å²) in [5.74, 6) is -2.52. The van der Waals surface area contributed by atoms with Crippen molar-refractivity contribution in [1.29, 1.82) is 0 Å². The van der Waals surface area contributed by atoms with Crippen LogP contribution >= 0.6 is 23.2 Å². The average molecular weight is 499 g/mol. The summed E-state index contributed by atoms with van der Waals surface area (Å²) in [6.07, 6.45) is 4.92. The lowest BCUT2D eigenvalue weighted by molar-refractivity contribution is -0.139. The van der Waals surface area contributed by atoms with E-state index >= 15 is 0 Å². The lowest BCUT2D eigenvalue weighted by atomic mass is 9.85. The Morgan fingerprint density at radius 1 is 0.941 bits per heavy atom. The molecule has 0 N–H and O–H groups in total. The molecule has 2 aromatic rings. The molecule has 2 aliphatic heterocycles. The number of anilines is 2. The summed E-state index contributed by atoms with van der Waals surface area (Å²) in [7, 11) is 0. The Balaban J connectivity index is 1.30. The predicted octanol–water partition coefficient (Wildman–Crippen LogP) is 4.41. The molecule has 3 aliphatic rings. The second-order valence-electron chi connectivity index (χ2n) is 8.59. The zero-order chi connectivity index (χ0) is 24.0. The van der Waals surface area contributed by atoms with E-state index in [2.05, 4.69) is 0 Å². The van der Waals surface area contributed by atoms with Crippen molar-refractivity contribution in [3.05, 3.63) is 64.7 Å². The fourth-order valence-electron chi connectivity index (χ4n) is 4.73. The van der Waals surface area contributed by atoms with E-state index in [9.17, 15) is 19.2 Å². The van der Waals surface area contributed by atoms with Gasteiger partial charge in [0.2, 0.25) is 17.7 Å². The van der Waals surface area contributed by atoms with Crippen molar-refractivity contribution in [2.45, 2.75) is 19.3 Å². The number of hydrogen-bond acceptors (Lipinski definition) is 5. The third-order valence-corrected chi connectivity index (χ3v) is 7.01. The summed E-state index contributed by atoms with van der Waals surface area (Å²) >= 11 is 12.2. The molecule has 34 heavy (non-hydrogen) atoms. The van der Waals surface area contributed by atoms with Crippen molar-refractivity contribution in [3.8, 4) is 5.75 Å². The number of carbonyl (C=O) groups is 4. The first-order valence-corrected chi connectivity index (χ1v) is 11.7. The molecule has 2 saturated heterocycles. The van der Waals surface area contributed by atoms with E-state index in [0.717, 1.165) is 0 Å². The molecule has 5 rings (SSSR count). The molecular formula is C25H20Cl2N2O5. The van der Waals surface area contributed by atoms with Gasteiger partial charge in [-0.05, 0) is 43.2 Å². The lowest BCUT2D eigenvalue weighted by Crippen LogP contribution is -2.31. The standard InChI is InChI=1S/C25H20Cl2N2O5/c26-15-8-9-20(27)21(11-15)28-13-14(10-22(28)30)25(33)34-17-5-3-4-16(12-17)29-23(31)18-6-1-2-7-19(18)24(29)32/h1-5,8-9,11-12,14,18-19H,6-7,10,13H2/t14-,18-,19+/m1/s1. The number of allylic oxidation sites excluding steroid dienone is 2. The zero-order valence-corrected chi connectivity index (χ0v) is 19.5. The first-order valence-electron chi connectivity index (χ1n) is 10.9. The van der Waals surface area contributed by atoms with Gasteiger partial charge in [-0.25, -0.2) is 4.90 Å². The molecular weight excluding hydrogens is 479 g/mol. The predicted molar refractivity (Wildman–Crippen MR) is 127 cm³/mol. The minimum Gasteiger partial charge on any atom is -0.426 e. The summed E-state index contributed by atoms with van der Waals surface area (Å²) < 4.78 is 5.54. The molecule has 2 aromatic carbocycles. The van der Waals surface area contributed by atoms with Crippen LogP contribution in [0, 0.1) is 17.8 Å². The summed E-state index contributed by atoms with van der Waals surface area (Å²) in [6.45, 7) is 0.108. The number of imide groups is 1. The van der Waals surface area contributed by atoms with Crippen LogP contribution in [0.4, 0.5) is 11.4 Å². The second-order valence-corrected chi connectivity index (χ2v) is 9.43. The van der Waals surface area contributed by atoms with Crippen LogP contribution in [0.25, 0.3) is 0 Å². The Bertz CT molecular complexity index is 1220. The van der Waals surface area contributed by atoms with Crippen LogP contribution < -0.4 is 14.5 Å². The van der Waals surface area contributed by atoms with Crippen LogP contribution in [0.5, 0.6) is 5.75 Å². The minimum atomic E-state index is -0.699. The van der Waals surface area contributed by atoms with E-state index in [-0.39, 0.29) is 48.3 Å². The third-order valence-electron chi connectivity index (χ3n) is 6.46. The number of halogens is 2. The molecule has 7 nitrogen and oxygen atoms in total. The first kappa shape index (κ1) is 22.6. The summed E-state index contributed by atoms with van der Waals surface area (Å²) in [4.78, 5) is 53.7. The quantitative estimate of drug-likeness (QED) is 0.270. The Morgan fingerprint density at radius 3 is 2.35 bits per heavy atom. The van der Waals surface area contributed by atoms with Gasteiger partial charge in [0, 0.05) is 24.1 Å². The molecule has 2 heterocycles. The highest BCUT2D eigenvalue weighted by Crippen LogP contribution is 2.39. The topological polar surface area (TPSA) is 84.0 Å². The number of hydrogen-bond donors (Lipinski definition) is 0. The van der Waals surface area contributed by atoms with Crippen LogP contribution in [0.3, 0.4) is 0 Å². The van der Waals surface area contributed by atoms with E-state index in [1.807, 2.05) is 12.2 Å². The Morgan fingerprint density at radius 2 is 1.65 bits per heavy atom. The number of ether oxygens (including phenoxy) is 1. The van der Waals surface area contributed by atoms with Crippen LogP contribution in [-0.2, 0) is 19.2 Å². The number of amides is 3. The van der Waals surface area contributed by atoms with Crippen LogP contribution in [0.1, 0.15) is 19.3 Å². The van der Waals surface area contributed by atoms with Crippen LogP contribution in [0.2, 0.25) is 10.0 Å². The molecule has 0 spiro atoms. The largest absolute Gasteiger partial charge is 0.426 e. The van der Waals surface area contributed by atoms with Gasteiger partial charge >= 0.3 is 5.97 Å². The van der Waals surface area contributed by atoms with E-state index < -0.39 is 11.9 Å². The molecule has 0 bridgehead atoms. The highest BCUT2D eigenvalue weighted by Gasteiger charge is 2.48. The number of nitrogens with zero attached hydrogens (tertiary/aromatic N) is 2. The monoisotopic (exact) mass is 498 g/mol. The van der Waals surface area contributed by atoms with Gasteiger partial charge in [0.05, 0.1) is 34.2 Å². The van der Waals surface area contributed by atoms with E-state index in [0.29, 0.717) is 34.3 Å². The average Bonchev–Trinajstić information content (AvgIpc) is 3.33. The normalized spacial score (nSPS) is 24.1. The lowest BCUT2D eigenvalue weighted by Gasteiger charge is -2.18. The molecule has 3 amide bonds. The van der Waals surface area contributed by atoms with Gasteiger partial charge in [-0.1, -0.05) is 41.4 Å². The molecule has 0 unspecified atom stereocenters. The molecule has 0 radical (unpaired) electrons. The molecule has 0 saturated carbocycles. The maximum Gasteiger partial charge on any atom is 0.316 e. The van der Waals surface area contributed by atoms with Gasteiger partial charge < -0.3 is 9.64 Å². The Kier molecular flexibility index (Phi) is 5.91. The number of carbonyl (C=O) groups excluding carboxylic acids is 4. The maximum atomic E-state index is 12.9. The number of esters is 1. The van der Waals surface area contributed by atoms with Gasteiger partial charge in [0.25, 0.3) is 0 Å². The van der Waals surface area contributed by atoms with E-state index in [4.69, 9.17) is 27.9 Å². The second kappa shape index (κ2) is 8.89. The molecule has 3 atom stereocenters. The van der Waals surface area contributed by atoms with Crippen molar-refractivity contribution >= 4 is 58.3 Å². The van der Waals surface area contributed by atoms with Gasteiger partial charge in [-0.2, -0.15) is 0 Å². The summed E-state index contributed by atoms with van der Waals surface area (Å²) in [5, 5.41) is 0.784. The van der Waals surface area contributed by atoms with Crippen molar-refractivity contribution in [2.24, 2.45) is 17.8 Å². The van der Waals surface area contributed by atoms with E-state index in [1.54, 1.807) is 36.4 Å². The van der Waals surface area contributed by atoms with Gasteiger partial charge in [0.1, 0.15) is 5.75 Å². The van der Waals surface area contributed by atoms with Crippen molar-refractivity contribution in [2.75, 3.05) is 16.3 Å². The van der Waals surface area contributed by atoms with Crippen molar-refractivity contribution in [1.82, 2.24) is 0 Å². The first-order chi connectivity index (χ1) is 16.3. The summed E-state index contributed by atoms with van der Waals surface area (Å²) in [6, 6.07) is 11.1. The minimum absolute atomic E-state index is 0.0270. The van der Waals surface area contributed by atoms with Crippen LogP contribution in [0.15, 0.2) is 54.6 Å². The highest BCUT2D eigenvalue weighted by atomic mass is 35.5. The van der Waals surface area contributed by atoms with Gasteiger partial charge in [-0.15, -0.1) is 0 Å². The number of benzene rings is 2. The zero-order valence-electron chi connectivity index (χ0n) is 17.9. The fraction of sp³-hybridized carbons (Fsp3) is 0.280. The highest BCUT2D eigenvalue weighted by molar-refractivity contribution is 6.36. The molecule has 0 aromatic heterocycles. The smallest absolute Gasteiger partial charge is 0.316 e. The van der Waals surface area contributed by atoms with Gasteiger partial charge in [-0.3, -0.25) is 19.2 Å². The fourth-order valence-corrected chi connectivity index (χ4v) is 5.12. The number of fused-ring (bicyclic) bond motifs is 1. The van der Waals surface area contributed by atoms with Gasteiger partial charge in [0.15, 0.2) is 0 Å². The molecule has 9 heteroatoms. The molecule has 2 fully saturated rings. The van der Waals surface area contributed by atoms with Crippen LogP contribution in [-0.4, -0.2) is 30.2 Å². The number of rotatable bonds is 4. The molecule has 1 aliphatic carbocycles. The van der Waals surface area contributed by atoms with E-state index in [1.165, 1.54) is 15.9 Å². The Hall–Kier alpha value is -3.16. The maximum absolute atomic E-state index is 12.9. The molecule has 174 valence electrons. The summed E-state index contributed by atoms with van der Waals surface area (Å²) in [5.41, 5.74) is 0.808. The van der Waals surface area contributed by atoms with Crippen molar-refractivity contribution in [3.63, 3.8) is 0 Å². The van der Waals surface area contributed by atoms with Crippen molar-refractivity contribution < 1.29 is 23.9 Å².